The average molecular weight is 299 g/mol. The second-order valence-electron chi connectivity index (χ2n) is 5.98. The minimum atomic E-state index is -2.95. The first-order valence-electron chi connectivity index (χ1n) is 7.66. The van der Waals surface area contributed by atoms with Crippen LogP contribution < -0.4 is 0 Å². The molecule has 0 N–H and O–H groups in total. The van der Waals surface area contributed by atoms with Gasteiger partial charge in [-0.2, -0.15) is 0 Å². The van der Waals surface area contributed by atoms with Crippen LogP contribution in [0.15, 0.2) is 12.7 Å². The number of nitrogens with zero attached hydrogens (tertiary/aromatic N) is 1. The Balaban J connectivity index is 2.10. The van der Waals surface area contributed by atoms with E-state index in [0.29, 0.717) is 19.3 Å². The summed E-state index contributed by atoms with van der Waals surface area (Å²) in [5.74, 6) is 0.498. The molecule has 0 aromatic carbocycles. The zero-order valence-electron chi connectivity index (χ0n) is 12.1. The summed E-state index contributed by atoms with van der Waals surface area (Å²) < 4.78 is 23.4. The van der Waals surface area contributed by atoms with Crippen molar-refractivity contribution in [1.29, 1.82) is 0 Å². The van der Waals surface area contributed by atoms with E-state index >= 15 is 0 Å². The molecule has 5 heteroatoms. The predicted octanol–water partition coefficient (Wildman–Crippen LogP) is 2.30. The molecule has 0 aromatic rings. The summed E-state index contributed by atoms with van der Waals surface area (Å²) in [6, 6.07) is 0.153. The molecule has 0 bridgehead atoms. The number of allylic oxidation sites excluding steroid dienone is 1. The molecule has 1 atom stereocenters. The highest BCUT2D eigenvalue weighted by atomic mass is 32.2. The van der Waals surface area contributed by atoms with Crippen LogP contribution >= 0.6 is 0 Å². The standard InChI is InChI=1S/C15H25NO3S/c1-2-3-9-15(17)16(13-7-5-4-6-8-13)14-10-11-20(18,19)12-14/h2,13-14H,1,3-12H2. The Hall–Kier alpha value is -0.840. The third kappa shape index (κ3) is 3.84. The Morgan fingerprint density at radius 1 is 1.15 bits per heavy atom. The van der Waals surface area contributed by atoms with Gasteiger partial charge in [-0.3, -0.25) is 4.79 Å². The molecule has 2 rings (SSSR count). The summed E-state index contributed by atoms with van der Waals surface area (Å²) in [5, 5.41) is 0. The highest BCUT2D eigenvalue weighted by Gasteiger charge is 2.38. The van der Waals surface area contributed by atoms with Crippen LogP contribution in [0.1, 0.15) is 51.4 Å². The fourth-order valence-electron chi connectivity index (χ4n) is 3.41. The van der Waals surface area contributed by atoms with Crippen LogP contribution in [0.4, 0.5) is 0 Å². The fraction of sp³-hybridized carbons (Fsp3) is 0.800. The molecule has 1 aliphatic heterocycles. The Morgan fingerprint density at radius 3 is 2.40 bits per heavy atom. The molecule has 2 aliphatic rings. The summed E-state index contributed by atoms with van der Waals surface area (Å²) in [6.45, 7) is 3.66. The lowest BCUT2D eigenvalue weighted by atomic mass is 9.92. The molecule has 114 valence electrons. The molecule has 20 heavy (non-hydrogen) atoms. The monoisotopic (exact) mass is 299 g/mol. The number of carbonyl (C=O) groups is 1. The van der Waals surface area contributed by atoms with Gasteiger partial charge in [-0.25, -0.2) is 8.42 Å². The molecule has 1 saturated carbocycles. The first-order chi connectivity index (χ1) is 9.53. The van der Waals surface area contributed by atoms with Crippen molar-refractivity contribution in [3.63, 3.8) is 0 Å². The molecule has 1 saturated heterocycles. The van der Waals surface area contributed by atoms with Crippen LogP contribution in [0.3, 0.4) is 0 Å². The third-order valence-electron chi connectivity index (χ3n) is 4.42. The molecule has 1 unspecified atom stereocenters. The van der Waals surface area contributed by atoms with Gasteiger partial charge in [0.2, 0.25) is 5.91 Å². The normalized spacial score (nSPS) is 26.3. The minimum absolute atomic E-state index is 0.0968. The van der Waals surface area contributed by atoms with Crippen molar-refractivity contribution in [2.24, 2.45) is 0 Å². The van der Waals surface area contributed by atoms with E-state index in [4.69, 9.17) is 0 Å². The zero-order chi connectivity index (χ0) is 14.6. The second kappa shape index (κ2) is 6.74. The van der Waals surface area contributed by atoms with Gasteiger partial charge in [0.05, 0.1) is 11.5 Å². The SMILES string of the molecule is C=CCCC(=O)N(C1CCCCC1)C1CCS(=O)(=O)C1. The Labute approximate surface area is 122 Å². The molecule has 0 aromatic heterocycles. The van der Waals surface area contributed by atoms with Crippen LogP contribution in [-0.4, -0.2) is 42.8 Å². The van der Waals surface area contributed by atoms with E-state index in [1.54, 1.807) is 6.08 Å². The number of hydrogen-bond donors (Lipinski definition) is 0. The van der Waals surface area contributed by atoms with Crippen LogP contribution in [0.2, 0.25) is 0 Å². The van der Waals surface area contributed by atoms with Crippen LogP contribution in [0, 0.1) is 0 Å². The van der Waals surface area contributed by atoms with Crippen molar-refractivity contribution in [2.45, 2.75) is 63.5 Å². The van der Waals surface area contributed by atoms with Gasteiger partial charge >= 0.3 is 0 Å². The van der Waals surface area contributed by atoms with Crippen LogP contribution in [0.5, 0.6) is 0 Å². The van der Waals surface area contributed by atoms with Gasteiger partial charge in [0.1, 0.15) is 0 Å². The van der Waals surface area contributed by atoms with Crippen LogP contribution in [-0.2, 0) is 14.6 Å². The number of hydrogen-bond acceptors (Lipinski definition) is 3. The highest BCUT2D eigenvalue weighted by Crippen LogP contribution is 2.29. The number of sulfone groups is 1. The highest BCUT2D eigenvalue weighted by molar-refractivity contribution is 7.91. The van der Waals surface area contributed by atoms with E-state index in [1.165, 1.54) is 6.42 Å². The van der Waals surface area contributed by atoms with E-state index < -0.39 is 9.84 Å². The zero-order valence-corrected chi connectivity index (χ0v) is 12.9. The van der Waals surface area contributed by atoms with E-state index in [9.17, 15) is 13.2 Å². The molecular formula is C15H25NO3S. The lowest BCUT2D eigenvalue weighted by Crippen LogP contribution is -2.48. The first kappa shape index (κ1) is 15.5. The number of amides is 1. The summed E-state index contributed by atoms with van der Waals surface area (Å²) in [4.78, 5) is 14.4. The molecule has 1 amide bonds. The lowest BCUT2D eigenvalue weighted by Gasteiger charge is -2.38. The van der Waals surface area contributed by atoms with Crippen molar-refractivity contribution in [3.8, 4) is 0 Å². The van der Waals surface area contributed by atoms with Crippen molar-refractivity contribution in [1.82, 2.24) is 4.90 Å². The van der Waals surface area contributed by atoms with E-state index in [-0.39, 0.29) is 29.5 Å². The van der Waals surface area contributed by atoms with Crippen LogP contribution in [0.25, 0.3) is 0 Å². The van der Waals surface area contributed by atoms with Gasteiger partial charge in [0.15, 0.2) is 9.84 Å². The van der Waals surface area contributed by atoms with Crippen molar-refractivity contribution >= 4 is 15.7 Å². The summed E-state index contributed by atoms with van der Waals surface area (Å²) >= 11 is 0. The molecule has 0 spiro atoms. The van der Waals surface area contributed by atoms with Crippen molar-refractivity contribution < 1.29 is 13.2 Å². The maximum atomic E-state index is 12.5. The largest absolute Gasteiger partial charge is 0.336 e. The Bertz CT molecular complexity index is 452. The number of rotatable bonds is 5. The molecule has 1 heterocycles. The van der Waals surface area contributed by atoms with Gasteiger partial charge < -0.3 is 4.90 Å². The Kier molecular flexibility index (Phi) is 5.24. The quantitative estimate of drug-likeness (QED) is 0.732. The summed E-state index contributed by atoms with van der Waals surface area (Å²) in [5.41, 5.74) is 0. The van der Waals surface area contributed by atoms with Gasteiger partial charge in [-0.15, -0.1) is 6.58 Å². The summed E-state index contributed by atoms with van der Waals surface area (Å²) in [7, 11) is -2.95. The topological polar surface area (TPSA) is 54.5 Å². The smallest absolute Gasteiger partial charge is 0.223 e. The van der Waals surface area contributed by atoms with Gasteiger partial charge in [0.25, 0.3) is 0 Å². The molecular weight excluding hydrogens is 274 g/mol. The van der Waals surface area contributed by atoms with Crippen molar-refractivity contribution in [3.05, 3.63) is 12.7 Å². The molecule has 1 aliphatic carbocycles. The maximum absolute atomic E-state index is 12.5. The van der Waals surface area contributed by atoms with E-state index in [1.807, 2.05) is 4.90 Å². The molecule has 2 fully saturated rings. The first-order valence-corrected chi connectivity index (χ1v) is 9.48. The van der Waals surface area contributed by atoms with Crippen molar-refractivity contribution in [2.75, 3.05) is 11.5 Å². The molecule has 4 nitrogen and oxygen atoms in total. The minimum Gasteiger partial charge on any atom is -0.336 e. The van der Waals surface area contributed by atoms with E-state index in [2.05, 4.69) is 6.58 Å². The van der Waals surface area contributed by atoms with Gasteiger partial charge in [-0.05, 0) is 25.7 Å². The molecule has 0 radical (unpaired) electrons. The average Bonchev–Trinajstić information content (AvgIpc) is 2.78. The third-order valence-corrected chi connectivity index (χ3v) is 6.17. The second-order valence-corrected chi connectivity index (χ2v) is 8.21. The fourth-order valence-corrected chi connectivity index (χ4v) is 5.13. The maximum Gasteiger partial charge on any atom is 0.223 e. The lowest BCUT2D eigenvalue weighted by molar-refractivity contribution is -0.136. The summed E-state index contributed by atoms with van der Waals surface area (Å²) in [6.07, 6.45) is 9.06. The van der Waals surface area contributed by atoms with E-state index in [0.717, 1.165) is 25.7 Å². The van der Waals surface area contributed by atoms with Gasteiger partial charge in [0, 0.05) is 18.5 Å². The Morgan fingerprint density at radius 2 is 1.85 bits per heavy atom. The predicted molar refractivity (Wildman–Crippen MR) is 80.2 cm³/mol. The number of carbonyl (C=O) groups excluding carboxylic acids is 1. The van der Waals surface area contributed by atoms with Gasteiger partial charge in [-0.1, -0.05) is 25.3 Å².